The summed E-state index contributed by atoms with van der Waals surface area (Å²) in [6.45, 7) is 3.01. The average molecular weight is 336 g/mol. The topological polar surface area (TPSA) is 81.5 Å². The largest absolute Gasteiger partial charge is 0.474 e. The van der Waals surface area contributed by atoms with Crippen LogP contribution < -0.4 is 10.1 Å². The van der Waals surface area contributed by atoms with Crippen LogP contribution in [0.4, 0.5) is 20.2 Å². The lowest BCUT2D eigenvalue weighted by molar-refractivity contribution is -0.386. The lowest BCUT2D eigenvalue weighted by Gasteiger charge is -2.15. The van der Waals surface area contributed by atoms with Crippen molar-refractivity contribution in [1.82, 2.24) is 0 Å². The standard InChI is InChI=1S/C16H14F2N2O4/c1-9-3-5-13(12(18)7-9)19-16(21)10(2)24-15-8-11(17)4-6-14(15)20(22)23/h3-8,10H,1-2H3,(H,19,21). The molecule has 6 nitrogen and oxygen atoms in total. The maximum Gasteiger partial charge on any atom is 0.311 e. The summed E-state index contributed by atoms with van der Waals surface area (Å²) in [5, 5.41) is 13.2. The average Bonchev–Trinajstić information content (AvgIpc) is 2.49. The van der Waals surface area contributed by atoms with Crippen LogP contribution in [0, 0.1) is 28.7 Å². The van der Waals surface area contributed by atoms with E-state index in [2.05, 4.69) is 5.32 Å². The normalized spacial score (nSPS) is 11.7. The highest BCUT2D eigenvalue weighted by molar-refractivity contribution is 5.94. The minimum atomic E-state index is -1.20. The Bertz CT molecular complexity index is 796. The van der Waals surface area contributed by atoms with Crippen molar-refractivity contribution < 1.29 is 23.2 Å². The highest BCUT2D eigenvalue weighted by atomic mass is 19.1. The second kappa shape index (κ2) is 7.03. The zero-order valence-electron chi connectivity index (χ0n) is 12.9. The van der Waals surface area contributed by atoms with Gasteiger partial charge < -0.3 is 10.1 Å². The van der Waals surface area contributed by atoms with Gasteiger partial charge in [0.2, 0.25) is 5.75 Å². The van der Waals surface area contributed by atoms with Gasteiger partial charge in [0, 0.05) is 12.1 Å². The Hall–Kier alpha value is -3.03. The van der Waals surface area contributed by atoms with Crippen LogP contribution in [0.3, 0.4) is 0 Å². The molecule has 0 radical (unpaired) electrons. The molecule has 0 aromatic heterocycles. The van der Waals surface area contributed by atoms with E-state index in [1.807, 2.05) is 0 Å². The molecule has 0 heterocycles. The number of benzene rings is 2. The number of hydrogen-bond acceptors (Lipinski definition) is 4. The molecule has 0 spiro atoms. The van der Waals surface area contributed by atoms with Crippen molar-refractivity contribution in [3.8, 4) is 5.75 Å². The van der Waals surface area contributed by atoms with Crippen LogP contribution in [-0.2, 0) is 4.79 Å². The molecule has 8 heteroatoms. The summed E-state index contributed by atoms with van der Waals surface area (Å²) in [5.74, 6) is -2.47. The number of nitrogens with zero attached hydrogens (tertiary/aromatic N) is 1. The Morgan fingerprint density at radius 2 is 1.96 bits per heavy atom. The lowest BCUT2D eigenvalue weighted by Crippen LogP contribution is -2.30. The quantitative estimate of drug-likeness (QED) is 0.668. The van der Waals surface area contributed by atoms with Crippen LogP contribution in [0.2, 0.25) is 0 Å². The van der Waals surface area contributed by atoms with Gasteiger partial charge in [-0.05, 0) is 37.6 Å². The summed E-state index contributed by atoms with van der Waals surface area (Å²) >= 11 is 0. The first-order valence-corrected chi connectivity index (χ1v) is 6.95. The van der Waals surface area contributed by atoms with Gasteiger partial charge in [-0.15, -0.1) is 0 Å². The predicted molar refractivity (Wildman–Crippen MR) is 82.9 cm³/mol. The summed E-state index contributed by atoms with van der Waals surface area (Å²) in [6, 6.07) is 6.92. The molecule has 0 saturated carbocycles. The molecule has 0 saturated heterocycles. The fourth-order valence-electron chi connectivity index (χ4n) is 1.93. The minimum absolute atomic E-state index is 0.0465. The van der Waals surface area contributed by atoms with E-state index in [4.69, 9.17) is 4.74 Å². The van der Waals surface area contributed by atoms with Crippen molar-refractivity contribution in [3.05, 3.63) is 63.7 Å². The van der Waals surface area contributed by atoms with Crippen molar-refractivity contribution in [3.63, 3.8) is 0 Å². The van der Waals surface area contributed by atoms with Crippen LogP contribution in [0.1, 0.15) is 12.5 Å². The number of aryl methyl sites for hydroxylation is 1. The molecular weight excluding hydrogens is 322 g/mol. The number of carbonyl (C=O) groups excluding carboxylic acids is 1. The Morgan fingerprint density at radius 1 is 1.25 bits per heavy atom. The molecule has 1 N–H and O–H groups in total. The first-order chi connectivity index (χ1) is 11.3. The molecule has 2 aromatic carbocycles. The summed E-state index contributed by atoms with van der Waals surface area (Å²) in [7, 11) is 0. The summed E-state index contributed by atoms with van der Waals surface area (Å²) in [4.78, 5) is 22.2. The molecule has 2 rings (SSSR count). The van der Waals surface area contributed by atoms with Crippen LogP contribution >= 0.6 is 0 Å². The van der Waals surface area contributed by atoms with E-state index in [1.54, 1.807) is 13.0 Å². The molecule has 0 aliphatic rings. The summed E-state index contributed by atoms with van der Waals surface area (Å²) in [5.41, 5.74) is 0.164. The first kappa shape index (κ1) is 17.3. The molecule has 0 aliphatic heterocycles. The Balaban J connectivity index is 2.14. The number of nitro benzene ring substituents is 1. The SMILES string of the molecule is Cc1ccc(NC(=O)C(C)Oc2cc(F)ccc2[N+](=O)[O-])c(F)c1. The molecule has 0 fully saturated rings. The third kappa shape index (κ3) is 4.03. The second-order valence-corrected chi connectivity index (χ2v) is 5.10. The highest BCUT2D eigenvalue weighted by Gasteiger charge is 2.22. The van der Waals surface area contributed by atoms with E-state index in [9.17, 15) is 23.7 Å². The molecule has 126 valence electrons. The fraction of sp³-hybridized carbons (Fsp3) is 0.188. The number of nitrogens with one attached hydrogen (secondary N) is 1. The van der Waals surface area contributed by atoms with Crippen LogP contribution in [0.25, 0.3) is 0 Å². The zero-order valence-corrected chi connectivity index (χ0v) is 12.9. The van der Waals surface area contributed by atoms with Gasteiger partial charge in [0.05, 0.1) is 10.6 Å². The second-order valence-electron chi connectivity index (χ2n) is 5.10. The number of anilines is 1. The molecular formula is C16H14F2N2O4. The number of carbonyl (C=O) groups is 1. The van der Waals surface area contributed by atoms with E-state index >= 15 is 0 Å². The smallest absolute Gasteiger partial charge is 0.311 e. The highest BCUT2D eigenvalue weighted by Crippen LogP contribution is 2.28. The van der Waals surface area contributed by atoms with Crippen molar-refractivity contribution in [2.45, 2.75) is 20.0 Å². The van der Waals surface area contributed by atoms with E-state index in [1.165, 1.54) is 19.1 Å². The maximum atomic E-state index is 13.7. The monoisotopic (exact) mass is 336 g/mol. The van der Waals surface area contributed by atoms with Gasteiger partial charge in [-0.1, -0.05) is 6.07 Å². The lowest BCUT2D eigenvalue weighted by atomic mass is 10.2. The number of ether oxygens (including phenoxy) is 1. The van der Waals surface area contributed by atoms with Crippen molar-refractivity contribution >= 4 is 17.3 Å². The molecule has 0 aliphatic carbocycles. The predicted octanol–water partition coefficient (Wildman–Crippen LogP) is 3.59. The van der Waals surface area contributed by atoms with E-state index in [0.29, 0.717) is 5.56 Å². The van der Waals surface area contributed by atoms with Gasteiger partial charge in [-0.25, -0.2) is 8.78 Å². The molecule has 24 heavy (non-hydrogen) atoms. The Morgan fingerprint density at radius 3 is 2.58 bits per heavy atom. The maximum absolute atomic E-state index is 13.7. The number of amides is 1. The molecule has 1 unspecified atom stereocenters. The molecule has 1 amide bonds. The van der Waals surface area contributed by atoms with Gasteiger partial charge in [-0.3, -0.25) is 14.9 Å². The van der Waals surface area contributed by atoms with Gasteiger partial charge in [-0.2, -0.15) is 0 Å². The van der Waals surface area contributed by atoms with E-state index in [0.717, 1.165) is 18.2 Å². The molecule has 1 atom stereocenters. The Labute approximate surface area is 136 Å². The third-order valence-corrected chi connectivity index (χ3v) is 3.17. The number of hydrogen-bond donors (Lipinski definition) is 1. The zero-order chi connectivity index (χ0) is 17.9. The van der Waals surface area contributed by atoms with E-state index < -0.39 is 34.3 Å². The van der Waals surface area contributed by atoms with Crippen LogP contribution in [0.15, 0.2) is 36.4 Å². The van der Waals surface area contributed by atoms with Gasteiger partial charge in [0.1, 0.15) is 11.6 Å². The van der Waals surface area contributed by atoms with Gasteiger partial charge >= 0.3 is 5.69 Å². The van der Waals surface area contributed by atoms with Crippen molar-refractivity contribution in [2.75, 3.05) is 5.32 Å². The van der Waals surface area contributed by atoms with Gasteiger partial charge in [0.15, 0.2) is 6.10 Å². The third-order valence-electron chi connectivity index (χ3n) is 3.17. The minimum Gasteiger partial charge on any atom is -0.474 e. The fourth-order valence-corrected chi connectivity index (χ4v) is 1.93. The summed E-state index contributed by atoms with van der Waals surface area (Å²) in [6.07, 6.45) is -1.20. The van der Waals surface area contributed by atoms with E-state index in [-0.39, 0.29) is 11.4 Å². The number of rotatable bonds is 5. The number of halogens is 2. The number of nitro groups is 1. The first-order valence-electron chi connectivity index (χ1n) is 6.95. The molecule has 0 bridgehead atoms. The summed E-state index contributed by atoms with van der Waals surface area (Å²) < 4.78 is 32.1. The van der Waals surface area contributed by atoms with Crippen LogP contribution in [0.5, 0.6) is 5.75 Å². The van der Waals surface area contributed by atoms with Crippen molar-refractivity contribution in [1.29, 1.82) is 0 Å². The van der Waals surface area contributed by atoms with Crippen LogP contribution in [-0.4, -0.2) is 16.9 Å². The van der Waals surface area contributed by atoms with Crippen molar-refractivity contribution in [2.24, 2.45) is 0 Å². The van der Waals surface area contributed by atoms with Gasteiger partial charge in [0.25, 0.3) is 5.91 Å². The Kier molecular flexibility index (Phi) is 5.08. The molecule has 2 aromatic rings.